The van der Waals surface area contributed by atoms with Gasteiger partial charge in [-0.1, -0.05) is 19.9 Å². The van der Waals surface area contributed by atoms with Gasteiger partial charge in [0.1, 0.15) is 18.8 Å². The largest absolute Gasteiger partial charge is 0.486 e. The van der Waals surface area contributed by atoms with E-state index in [1.807, 2.05) is 0 Å². The van der Waals surface area contributed by atoms with Gasteiger partial charge in [0.2, 0.25) is 0 Å². The van der Waals surface area contributed by atoms with Crippen LogP contribution in [0.1, 0.15) is 37.0 Å². The molecular weight excluding hydrogens is 299 g/mol. The third-order valence-corrected chi connectivity index (χ3v) is 3.91. The second-order valence-corrected chi connectivity index (χ2v) is 5.07. The predicted molar refractivity (Wildman–Crippen MR) is 74.3 cm³/mol. The van der Waals surface area contributed by atoms with E-state index in [2.05, 4.69) is 5.32 Å². The van der Waals surface area contributed by atoms with Gasteiger partial charge in [-0.25, -0.2) is 0 Å². The number of amides is 1. The zero-order valence-corrected chi connectivity index (χ0v) is 12.4. The molecule has 0 bridgehead atoms. The second-order valence-electron chi connectivity index (χ2n) is 5.07. The van der Waals surface area contributed by atoms with Crippen molar-refractivity contribution >= 4 is 5.91 Å². The fourth-order valence-electron chi connectivity index (χ4n) is 2.44. The number of alkyl halides is 3. The minimum Gasteiger partial charge on any atom is -0.486 e. The fraction of sp³-hybridized carbons (Fsp3) is 0.533. The van der Waals surface area contributed by atoms with E-state index in [0.29, 0.717) is 12.4 Å². The van der Waals surface area contributed by atoms with Crippen molar-refractivity contribution in [3.63, 3.8) is 0 Å². The Hall–Kier alpha value is -1.92. The Kier molecular flexibility index (Phi) is 4.53. The molecule has 0 unspecified atom stereocenters. The highest BCUT2D eigenvalue weighted by Crippen LogP contribution is 2.38. The van der Waals surface area contributed by atoms with Crippen LogP contribution in [0.15, 0.2) is 18.2 Å². The summed E-state index contributed by atoms with van der Waals surface area (Å²) in [5.74, 6) is -0.262. The van der Waals surface area contributed by atoms with Crippen molar-refractivity contribution in [1.29, 1.82) is 0 Å². The molecule has 0 saturated carbocycles. The van der Waals surface area contributed by atoms with Gasteiger partial charge in [-0.3, -0.25) is 4.79 Å². The van der Waals surface area contributed by atoms with Crippen LogP contribution in [0, 0.1) is 0 Å². The average molecular weight is 317 g/mol. The number of fused-ring (bicyclic) bond motifs is 1. The standard InChI is InChI=1S/C15H18F3NO3/c1-3-14(4-2,15(16,17)18)19-13(20)10-6-5-7-11-12(10)22-9-8-21-11/h5-7H,3-4,8-9H2,1-2H3,(H,19,20). The Labute approximate surface area is 126 Å². The van der Waals surface area contributed by atoms with Gasteiger partial charge in [0.25, 0.3) is 5.91 Å². The highest BCUT2D eigenvalue weighted by molar-refractivity contribution is 5.98. The third-order valence-electron chi connectivity index (χ3n) is 3.91. The molecule has 1 aliphatic heterocycles. The lowest BCUT2D eigenvalue weighted by Gasteiger charge is -2.35. The third kappa shape index (κ3) is 2.84. The lowest BCUT2D eigenvalue weighted by atomic mass is 9.91. The normalized spacial score (nSPS) is 14.6. The first-order chi connectivity index (χ1) is 10.3. The van der Waals surface area contributed by atoms with Gasteiger partial charge in [0.05, 0.1) is 5.56 Å². The summed E-state index contributed by atoms with van der Waals surface area (Å²) in [6.45, 7) is 3.40. The minimum atomic E-state index is -4.53. The summed E-state index contributed by atoms with van der Waals surface area (Å²) in [4.78, 5) is 12.4. The molecule has 1 amide bonds. The van der Waals surface area contributed by atoms with Gasteiger partial charge in [0, 0.05) is 0 Å². The van der Waals surface area contributed by atoms with Crippen LogP contribution in [-0.4, -0.2) is 30.8 Å². The number of carbonyl (C=O) groups excluding carboxylic acids is 1. The fourth-order valence-corrected chi connectivity index (χ4v) is 2.44. The molecule has 0 atom stereocenters. The number of ether oxygens (including phenoxy) is 2. The molecule has 1 N–H and O–H groups in total. The Morgan fingerprint density at radius 2 is 1.82 bits per heavy atom. The molecule has 2 rings (SSSR count). The molecule has 1 aliphatic rings. The second kappa shape index (κ2) is 6.06. The van der Waals surface area contributed by atoms with Crippen LogP contribution in [0.5, 0.6) is 11.5 Å². The molecule has 0 saturated heterocycles. The van der Waals surface area contributed by atoms with Gasteiger partial charge in [-0.2, -0.15) is 13.2 Å². The summed E-state index contributed by atoms with van der Waals surface area (Å²) in [5, 5.41) is 2.14. The van der Waals surface area contributed by atoms with E-state index in [4.69, 9.17) is 9.47 Å². The first-order valence-electron chi connectivity index (χ1n) is 7.12. The van der Waals surface area contributed by atoms with E-state index < -0.39 is 17.6 Å². The van der Waals surface area contributed by atoms with Crippen molar-refractivity contribution < 1.29 is 27.4 Å². The van der Waals surface area contributed by atoms with Gasteiger partial charge < -0.3 is 14.8 Å². The van der Waals surface area contributed by atoms with Crippen LogP contribution >= 0.6 is 0 Å². The summed E-state index contributed by atoms with van der Waals surface area (Å²) >= 11 is 0. The summed E-state index contributed by atoms with van der Waals surface area (Å²) < 4.78 is 50.7. The maximum absolute atomic E-state index is 13.3. The SMILES string of the molecule is CCC(CC)(NC(=O)c1cccc2c1OCCO2)C(F)(F)F. The Bertz CT molecular complexity index is 553. The van der Waals surface area contributed by atoms with Crippen molar-refractivity contribution in [3.8, 4) is 11.5 Å². The van der Waals surface area contributed by atoms with Gasteiger partial charge in [-0.15, -0.1) is 0 Å². The molecule has 0 spiro atoms. The monoisotopic (exact) mass is 317 g/mol. The number of rotatable bonds is 4. The van der Waals surface area contributed by atoms with Gasteiger partial charge >= 0.3 is 6.18 Å². The maximum atomic E-state index is 13.3. The first kappa shape index (κ1) is 16.5. The summed E-state index contributed by atoms with van der Waals surface area (Å²) in [5.41, 5.74) is -2.20. The molecule has 1 aromatic carbocycles. The smallest absolute Gasteiger partial charge is 0.411 e. The molecule has 1 heterocycles. The number of hydrogen-bond donors (Lipinski definition) is 1. The topological polar surface area (TPSA) is 47.6 Å². The van der Waals surface area contributed by atoms with Crippen molar-refractivity contribution in [1.82, 2.24) is 5.32 Å². The Balaban J connectivity index is 2.33. The summed E-state index contributed by atoms with van der Waals surface area (Å²) in [6, 6.07) is 4.59. The number of para-hydroxylation sites is 1. The molecule has 122 valence electrons. The highest BCUT2D eigenvalue weighted by atomic mass is 19.4. The van der Waals surface area contributed by atoms with Crippen LogP contribution in [0.4, 0.5) is 13.2 Å². The van der Waals surface area contributed by atoms with Crippen molar-refractivity contribution in [2.45, 2.75) is 38.4 Å². The van der Waals surface area contributed by atoms with E-state index in [1.54, 1.807) is 12.1 Å². The van der Waals surface area contributed by atoms with E-state index in [-0.39, 0.29) is 30.8 Å². The van der Waals surface area contributed by atoms with E-state index >= 15 is 0 Å². The predicted octanol–water partition coefficient (Wildman–Crippen LogP) is 3.31. The number of carbonyl (C=O) groups is 1. The number of benzene rings is 1. The molecule has 7 heteroatoms. The lowest BCUT2D eigenvalue weighted by molar-refractivity contribution is -0.195. The number of hydrogen-bond acceptors (Lipinski definition) is 3. The molecule has 0 aliphatic carbocycles. The molecule has 0 aromatic heterocycles. The summed E-state index contributed by atoms with van der Waals surface area (Å²) in [6.07, 6.45) is -5.02. The van der Waals surface area contributed by atoms with E-state index in [0.717, 1.165) is 0 Å². The molecular formula is C15H18F3NO3. The van der Waals surface area contributed by atoms with Crippen LogP contribution in [-0.2, 0) is 0 Å². The van der Waals surface area contributed by atoms with Crippen molar-refractivity contribution in [2.75, 3.05) is 13.2 Å². The van der Waals surface area contributed by atoms with Gasteiger partial charge in [0.15, 0.2) is 11.5 Å². The zero-order chi connectivity index (χ0) is 16.4. The van der Waals surface area contributed by atoms with Crippen molar-refractivity contribution in [3.05, 3.63) is 23.8 Å². The number of nitrogens with one attached hydrogen (secondary N) is 1. The molecule has 22 heavy (non-hydrogen) atoms. The molecule has 0 radical (unpaired) electrons. The average Bonchev–Trinajstić information content (AvgIpc) is 2.50. The van der Waals surface area contributed by atoms with Crippen LogP contribution in [0.25, 0.3) is 0 Å². The van der Waals surface area contributed by atoms with Crippen LogP contribution in [0.3, 0.4) is 0 Å². The Morgan fingerprint density at radius 3 is 2.41 bits per heavy atom. The van der Waals surface area contributed by atoms with E-state index in [1.165, 1.54) is 19.9 Å². The van der Waals surface area contributed by atoms with Crippen molar-refractivity contribution in [2.24, 2.45) is 0 Å². The Morgan fingerprint density at radius 1 is 1.18 bits per heavy atom. The number of halogens is 3. The first-order valence-corrected chi connectivity index (χ1v) is 7.12. The lowest BCUT2D eigenvalue weighted by Crippen LogP contribution is -2.58. The quantitative estimate of drug-likeness (QED) is 0.927. The molecule has 4 nitrogen and oxygen atoms in total. The highest BCUT2D eigenvalue weighted by Gasteiger charge is 2.53. The summed E-state index contributed by atoms with van der Waals surface area (Å²) in [7, 11) is 0. The maximum Gasteiger partial charge on any atom is 0.411 e. The molecule has 0 fully saturated rings. The molecule has 1 aromatic rings. The minimum absolute atomic E-state index is 0.0488. The zero-order valence-electron chi connectivity index (χ0n) is 12.4. The van der Waals surface area contributed by atoms with Gasteiger partial charge in [-0.05, 0) is 25.0 Å². The van der Waals surface area contributed by atoms with E-state index in [9.17, 15) is 18.0 Å². The van der Waals surface area contributed by atoms with Crippen LogP contribution < -0.4 is 14.8 Å². The van der Waals surface area contributed by atoms with Crippen LogP contribution in [0.2, 0.25) is 0 Å².